The maximum atomic E-state index is 14.1. The summed E-state index contributed by atoms with van der Waals surface area (Å²) >= 11 is 5.95. The van der Waals surface area contributed by atoms with Gasteiger partial charge in [0.25, 0.3) is 10.1 Å². The van der Waals surface area contributed by atoms with E-state index in [4.69, 9.17) is 20.5 Å². The molecule has 2 rings (SSSR count). The number of alkyl carbamates (subject to hydrolysis) is 1. The number of rotatable bonds is 6. The van der Waals surface area contributed by atoms with Crippen LogP contribution in [0, 0.1) is 5.82 Å². The molecule has 10 heteroatoms. The van der Waals surface area contributed by atoms with Crippen molar-refractivity contribution in [3.63, 3.8) is 0 Å². The molecule has 1 atom stereocenters. The van der Waals surface area contributed by atoms with E-state index in [2.05, 4.69) is 10.3 Å². The highest BCUT2D eigenvalue weighted by molar-refractivity contribution is 7.85. The molecule has 7 nitrogen and oxygen atoms in total. The second-order valence-electron chi connectivity index (χ2n) is 7.13. The number of benzene rings is 1. The number of ether oxygens (including phenoxy) is 1. The highest BCUT2D eigenvalue weighted by Gasteiger charge is 2.23. The van der Waals surface area contributed by atoms with Crippen LogP contribution in [0.2, 0.25) is 5.02 Å². The van der Waals surface area contributed by atoms with Crippen LogP contribution in [0.25, 0.3) is 10.9 Å². The zero-order chi connectivity index (χ0) is 20.4. The van der Waals surface area contributed by atoms with Crippen LogP contribution in [-0.4, -0.2) is 44.0 Å². The SMILES string of the molecule is CC(C)(C)OC(=O)NC(COS(C)(=O)=O)Cc1cc(Cl)c(F)c2cc[nH]c12. The maximum Gasteiger partial charge on any atom is 0.407 e. The van der Waals surface area contributed by atoms with Crippen LogP contribution in [0.4, 0.5) is 9.18 Å². The lowest BCUT2D eigenvalue weighted by Crippen LogP contribution is -2.43. The Kier molecular flexibility index (Phi) is 6.39. The number of fused-ring (bicyclic) bond motifs is 1. The topological polar surface area (TPSA) is 97.5 Å². The van der Waals surface area contributed by atoms with Gasteiger partial charge < -0.3 is 15.0 Å². The van der Waals surface area contributed by atoms with Crippen molar-refractivity contribution >= 4 is 38.7 Å². The van der Waals surface area contributed by atoms with Gasteiger partial charge in [-0.25, -0.2) is 9.18 Å². The van der Waals surface area contributed by atoms with Crippen molar-refractivity contribution in [3.05, 3.63) is 34.7 Å². The number of hydrogen-bond acceptors (Lipinski definition) is 5. The van der Waals surface area contributed by atoms with E-state index in [-0.39, 0.29) is 18.1 Å². The average molecular weight is 421 g/mol. The summed E-state index contributed by atoms with van der Waals surface area (Å²) in [7, 11) is -3.71. The molecule has 0 saturated heterocycles. The highest BCUT2D eigenvalue weighted by Crippen LogP contribution is 2.28. The fourth-order valence-electron chi connectivity index (χ4n) is 2.49. The summed E-state index contributed by atoms with van der Waals surface area (Å²) in [5.41, 5.74) is 0.380. The van der Waals surface area contributed by atoms with E-state index >= 15 is 0 Å². The first-order valence-electron chi connectivity index (χ1n) is 8.13. The smallest absolute Gasteiger partial charge is 0.407 e. The molecule has 0 spiro atoms. The van der Waals surface area contributed by atoms with E-state index in [1.54, 1.807) is 33.0 Å². The van der Waals surface area contributed by atoms with Crippen molar-refractivity contribution in [2.75, 3.05) is 12.9 Å². The van der Waals surface area contributed by atoms with Gasteiger partial charge >= 0.3 is 6.09 Å². The molecule has 0 bridgehead atoms. The lowest BCUT2D eigenvalue weighted by Gasteiger charge is -2.23. The first kappa shape index (κ1) is 21.5. The van der Waals surface area contributed by atoms with Gasteiger partial charge in [-0.3, -0.25) is 4.18 Å². The molecule has 2 aromatic rings. The minimum Gasteiger partial charge on any atom is -0.444 e. The van der Waals surface area contributed by atoms with Gasteiger partial charge in [0.2, 0.25) is 0 Å². The summed E-state index contributed by atoms with van der Waals surface area (Å²) in [6, 6.07) is 2.23. The number of aromatic amines is 1. The van der Waals surface area contributed by atoms with Crippen LogP contribution < -0.4 is 5.32 Å². The van der Waals surface area contributed by atoms with Gasteiger partial charge in [0.1, 0.15) is 5.60 Å². The van der Waals surface area contributed by atoms with E-state index in [9.17, 15) is 17.6 Å². The molecule has 2 N–H and O–H groups in total. The third-order valence-electron chi connectivity index (χ3n) is 3.49. The number of nitrogens with one attached hydrogen (secondary N) is 2. The second-order valence-corrected chi connectivity index (χ2v) is 9.18. The minimum atomic E-state index is -3.71. The first-order chi connectivity index (χ1) is 12.4. The molecule has 0 fully saturated rings. The van der Waals surface area contributed by atoms with Gasteiger partial charge in [0, 0.05) is 11.6 Å². The predicted molar refractivity (Wildman–Crippen MR) is 101 cm³/mol. The van der Waals surface area contributed by atoms with Crippen LogP contribution in [0.15, 0.2) is 18.3 Å². The number of aromatic nitrogens is 1. The Balaban J connectivity index is 2.27. The van der Waals surface area contributed by atoms with Crippen molar-refractivity contribution in [1.82, 2.24) is 10.3 Å². The number of carbonyl (C=O) groups excluding carboxylic acids is 1. The van der Waals surface area contributed by atoms with Gasteiger partial charge in [-0.2, -0.15) is 8.42 Å². The van der Waals surface area contributed by atoms with Crippen molar-refractivity contribution in [2.45, 2.75) is 38.8 Å². The number of H-pyrrole nitrogens is 1. The van der Waals surface area contributed by atoms with Gasteiger partial charge in [-0.1, -0.05) is 11.6 Å². The molecule has 150 valence electrons. The van der Waals surface area contributed by atoms with Gasteiger partial charge in [0.05, 0.1) is 29.4 Å². The highest BCUT2D eigenvalue weighted by atomic mass is 35.5. The Morgan fingerprint density at radius 1 is 1.41 bits per heavy atom. The minimum absolute atomic E-state index is 0.0721. The third kappa shape index (κ3) is 6.37. The average Bonchev–Trinajstić information content (AvgIpc) is 2.97. The zero-order valence-corrected chi connectivity index (χ0v) is 17.0. The van der Waals surface area contributed by atoms with Gasteiger partial charge in [0.15, 0.2) is 5.82 Å². The van der Waals surface area contributed by atoms with E-state index in [0.717, 1.165) is 6.26 Å². The Morgan fingerprint density at radius 2 is 2.07 bits per heavy atom. The third-order valence-corrected chi connectivity index (χ3v) is 4.32. The first-order valence-corrected chi connectivity index (χ1v) is 10.3. The Labute approximate surface area is 162 Å². The summed E-state index contributed by atoms with van der Waals surface area (Å²) in [6.45, 7) is 4.81. The van der Waals surface area contributed by atoms with Crippen molar-refractivity contribution in [2.24, 2.45) is 0 Å². The number of amides is 1. The summed E-state index contributed by atoms with van der Waals surface area (Å²) in [5, 5.41) is 2.82. The van der Waals surface area contributed by atoms with Crippen LogP contribution in [-0.2, 0) is 25.5 Å². The molecule has 27 heavy (non-hydrogen) atoms. The fraction of sp³-hybridized carbons (Fsp3) is 0.471. The lowest BCUT2D eigenvalue weighted by atomic mass is 10.0. The Hall–Kier alpha value is -1.84. The normalized spacial score (nSPS) is 13.6. The second kappa shape index (κ2) is 8.04. The van der Waals surface area contributed by atoms with Crippen LogP contribution in [0.5, 0.6) is 0 Å². The number of hydrogen-bond donors (Lipinski definition) is 2. The largest absolute Gasteiger partial charge is 0.444 e. The molecule has 1 aromatic carbocycles. The summed E-state index contributed by atoms with van der Waals surface area (Å²) in [6.07, 6.45) is 1.90. The van der Waals surface area contributed by atoms with Crippen molar-refractivity contribution < 1.29 is 26.5 Å². The van der Waals surface area contributed by atoms with Crippen LogP contribution in [0.3, 0.4) is 0 Å². The summed E-state index contributed by atoms with van der Waals surface area (Å²) in [5.74, 6) is -0.555. The van der Waals surface area contributed by atoms with Gasteiger partial charge in [-0.05, 0) is 44.9 Å². The standard InChI is InChI=1S/C17H22ClFN2O5S/c1-17(2,3)26-16(22)21-11(9-25-27(4,23)24)7-10-8-13(18)14(19)12-5-6-20-15(10)12/h5-6,8,11,20H,7,9H2,1-4H3,(H,21,22). The Morgan fingerprint density at radius 3 is 2.67 bits per heavy atom. The van der Waals surface area contributed by atoms with Crippen LogP contribution in [0.1, 0.15) is 26.3 Å². The number of carbonyl (C=O) groups is 1. The molecule has 0 aliphatic rings. The van der Waals surface area contributed by atoms with E-state index in [1.165, 1.54) is 6.07 Å². The Bertz CT molecular complexity index is 937. The van der Waals surface area contributed by atoms with Crippen molar-refractivity contribution in [1.29, 1.82) is 0 Å². The fourth-order valence-corrected chi connectivity index (χ4v) is 3.14. The quantitative estimate of drug-likeness (QED) is 0.698. The molecular weight excluding hydrogens is 399 g/mol. The molecular formula is C17H22ClFN2O5S. The molecule has 0 radical (unpaired) electrons. The van der Waals surface area contributed by atoms with Gasteiger partial charge in [-0.15, -0.1) is 0 Å². The number of halogens is 2. The molecule has 0 aliphatic carbocycles. The van der Waals surface area contributed by atoms with E-state index < -0.39 is 33.7 Å². The molecule has 1 unspecified atom stereocenters. The molecule has 0 saturated carbocycles. The summed E-state index contributed by atoms with van der Waals surface area (Å²) in [4.78, 5) is 15.0. The summed E-state index contributed by atoms with van der Waals surface area (Å²) < 4.78 is 46.8. The maximum absolute atomic E-state index is 14.1. The zero-order valence-electron chi connectivity index (χ0n) is 15.4. The predicted octanol–water partition coefficient (Wildman–Crippen LogP) is 3.37. The van der Waals surface area contributed by atoms with E-state index in [1.807, 2.05) is 0 Å². The molecule has 1 aromatic heterocycles. The molecule has 1 heterocycles. The molecule has 1 amide bonds. The van der Waals surface area contributed by atoms with E-state index in [0.29, 0.717) is 16.5 Å². The lowest BCUT2D eigenvalue weighted by molar-refractivity contribution is 0.0488. The van der Waals surface area contributed by atoms with Crippen molar-refractivity contribution in [3.8, 4) is 0 Å². The molecule has 0 aliphatic heterocycles. The van der Waals surface area contributed by atoms with Crippen LogP contribution >= 0.6 is 11.6 Å². The monoisotopic (exact) mass is 420 g/mol.